The molecule has 0 atom stereocenters. The number of ether oxygens (including phenoxy) is 1. The van der Waals surface area contributed by atoms with Crippen molar-refractivity contribution in [2.24, 2.45) is 0 Å². The van der Waals surface area contributed by atoms with Gasteiger partial charge in [0.05, 0.1) is 16.8 Å². The number of aromatic nitrogens is 2. The largest absolute Gasteiger partial charge is 0.492 e. The molecule has 0 saturated carbocycles. The van der Waals surface area contributed by atoms with Gasteiger partial charge in [0.1, 0.15) is 5.75 Å². The van der Waals surface area contributed by atoms with Crippen LogP contribution in [-0.4, -0.2) is 57.9 Å². The number of hydrogen-bond donors (Lipinski definition) is 0. The third-order valence-corrected chi connectivity index (χ3v) is 6.51. The lowest BCUT2D eigenvalue weighted by atomic mass is 10.2. The third kappa shape index (κ3) is 5.08. The maximum atomic E-state index is 12.5. The van der Waals surface area contributed by atoms with Crippen molar-refractivity contribution in [1.29, 1.82) is 0 Å². The van der Waals surface area contributed by atoms with Crippen LogP contribution in [0.5, 0.6) is 5.75 Å². The normalized spacial score (nSPS) is 14.9. The van der Waals surface area contributed by atoms with Crippen LogP contribution in [0, 0.1) is 0 Å². The average molecular weight is 491 g/mol. The highest BCUT2D eigenvalue weighted by atomic mass is 79.9. The maximum absolute atomic E-state index is 12.5. The predicted molar refractivity (Wildman–Crippen MR) is 120 cm³/mol. The van der Waals surface area contributed by atoms with Crippen LogP contribution < -0.4 is 10.3 Å². The summed E-state index contributed by atoms with van der Waals surface area (Å²) in [4.78, 5) is 34.1. The van der Waals surface area contributed by atoms with Crippen molar-refractivity contribution in [2.75, 3.05) is 32.8 Å². The van der Waals surface area contributed by atoms with E-state index in [-0.39, 0.29) is 11.5 Å². The van der Waals surface area contributed by atoms with Gasteiger partial charge < -0.3 is 9.64 Å². The number of nitrogens with zero attached hydrogens (tertiary/aromatic N) is 4. The maximum Gasteiger partial charge on any atom is 0.258 e. The summed E-state index contributed by atoms with van der Waals surface area (Å²) in [5.74, 6) is 0.967. The molecule has 1 aromatic carbocycles. The van der Waals surface area contributed by atoms with Crippen LogP contribution in [0.4, 0.5) is 0 Å². The standard InChI is InChI=1S/C21H23BrN4O3S/c22-17-4-1-2-5-18(17)29-12-3-6-19(27)25-9-7-24(8-10-25)15-16-14-20(28)26-11-13-30-21(26)23-16/h1-2,4-5,11,13-14H,3,6-10,12,15H2. The third-order valence-electron chi connectivity index (χ3n) is 5.10. The first kappa shape index (κ1) is 21.0. The van der Waals surface area contributed by atoms with E-state index in [4.69, 9.17) is 4.74 Å². The molecule has 0 unspecified atom stereocenters. The molecule has 0 radical (unpaired) electrons. The van der Waals surface area contributed by atoms with Crippen molar-refractivity contribution < 1.29 is 9.53 Å². The molecule has 0 aliphatic carbocycles. The van der Waals surface area contributed by atoms with Crippen LogP contribution >= 0.6 is 27.3 Å². The summed E-state index contributed by atoms with van der Waals surface area (Å²) in [5, 5.41) is 1.86. The predicted octanol–water partition coefficient (Wildman–Crippen LogP) is 3.02. The molecule has 158 valence electrons. The van der Waals surface area contributed by atoms with Crippen LogP contribution in [0.25, 0.3) is 4.96 Å². The van der Waals surface area contributed by atoms with Crippen LogP contribution in [0.1, 0.15) is 18.5 Å². The molecule has 9 heteroatoms. The van der Waals surface area contributed by atoms with E-state index < -0.39 is 0 Å². The van der Waals surface area contributed by atoms with Gasteiger partial charge in [0, 0.05) is 56.8 Å². The minimum Gasteiger partial charge on any atom is -0.492 e. The number of rotatable bonds is 7. The van der Waals surface area contributed by atoms with Gasteiger partial charge in [-0.25, -0.2) is 4.98 Å². The molecule has 3 heterocycles. The smallest absolute Gasteiger partial charge is 0.258 e. The first-order chi connectivity index (χ1) is 14.6. The second-order valence-corrected chi connectivity index (χ2v) is 8.91. The fourth-order valence-corrected chi connectivity index (χ4v) is 4.62. The van der Waals surface area contributed by atoms with Gasteiger partial charge in [0.25, 0.3) is 5.56 Å². The van der Waals surface area contributed by atoms with Gasteiger partial charge >= 0.3 is 0 Å². The molecule has 0 bridgehead atoms. The zero-order valence-corrected chi connectivity index (χ0v) is 18.9. The van der Waals surface area contributed by atoms with Gasteiger partial charge in [-0.3, -0.25) is 18.9 Å². The number of piperazine rings is 1. The number of hydrogen-bond acceptors (Lipinski definition) is 6. The monoisotopic (exact) mass is 490 g/mol. The number of thiazole rings is 1. The Kier molecular flexibility index (Phi) is 6.81. The Hall–Kier alpha value is -2.23. The van der Waals surface area contributed by atoms with Crippen LogP contribution in [-0.2, 0) is 11.3 Å². The van der Waals surface area contributed by atoms with Crippen molar-refractivity contribution in [3.8, 4) is 5.75 Å². The highest BCUT2D eigenvalue weighted by Crippen LogP contribution is 2.24. The molecule has 1 aliphatic rings. The SMILES string of the molecule is O=C(CCCOc1ccccc1Br)N1CCN(Cc2cc(=O)n3ccsc3n2)CC1. The summed E-state index contributed by atoms with van der Waals surface area (Å²) < 4.78 is 8.21. The summed E-state index contributed by atoms with van der Waals surface area (Å²) >= 11 is 4.91. The van der Waals surface area contributed by atoms with Crippen LogP contribution in [0.3, 0.4) is 0 Å². The Morgan fingerprint density at radius 1 is 1.20 bits per heavy atom. The first-order valence-electron chi connectivity index (χ1n) is 9.93. The van der Waals surface area contributed by atoms with Crippen molar-refractivity contribution in [3.63, 3.8) is 0 Å². The van der Waals surface area contributed by atoms with Crippen molar-refractivity contribution in [2.45, 2.75) is 19.4 Å². The molecule has 0 N–H and O–H groups in total. The molecule has 1 aliphatic heterocycles. The summed E-state index contributed by atoms with van der Waals surface area (Å²) in [6.07, 6.45) is 2.92. The summed E-state index contributed by atoms with van der Waals surface area (Å²) in [5.41, 5.74) is 0.737. The number of para-hydroxylation sites is 1. The minimum absolute atomic E-state index is 0.0465. The van der Waals surface area contributed by atoms with Crippen LogP contribution in [0.15, 0.2) is 51.2 Å². The number of halogens is 1. The highest BCUT2D eigenvalue weighted by Gasteiger charge is 2.21. The van der Waals surface area contributed by atoms with Gasteiger partial charge in [0.15, 0.2) is 4.96 Å². The molecule has 1 amide bonds. The fraction of sp³-hybridized carbons (Fsp3) is 0.381. The van der Waals surface area contributed by atoms with Gasteiger partial charge in [-0.05, 0) is 34.5 Å². The molecule has 7 nitrogen and oxygen atoms in total. The summed E-state index contributed by atoms with van der Waals surface area (Å²) in [6.45, 7) is 4.11. The Morgan fingerprint density at radius 3 is 2.80 bits per heavy atom. The number of fused-ring (bicyclic) bond motifs is 1. The molecule has 3 aromatic rings. The number of carbonyl (C=O) groups is 1. The van der Waals surface area contributed by atoms with E-state index in [1.165, 1.54) is 11.3 Å². The van der Waals surface area contributed by atoms with Crippen molar-refractivity contribution in [1.82, 2.24) is 19.2 Å². The Morgan fingerprint density at radius 2 is 2.00 bits per heavy atom. The van der Waals surface area contributed by atoms with Crippen molar-refractivity contribution >= 4 is 38.1 Å². The lowest BCUT2D eigenvalue weighted by Gasteiger charge is -2.34. The topological polar surface area (TPSA) is 67.2 Å². The summed E-state index contributed by atoms with van der Waals surface area (Å²) in [6, 6.07) is 9.31. The fourth-order valence-electron chi connectivity index (χ4n) is 3.48. The van der Waals surface area contributed by atoms with E-state index >= 15 is 0 Å². The van der Waals surface area contributed by atoms with E-state index in [0.717, 1.165) is 34.0 Å². The van der Waals surface area contributed by atoms with E-state index in [0.29, 0.717) is 39.1 Å². The van der Waals surface area contributed by atoms with E-state index in [9.17, 15) is 9.59 Å². The van der Waals surface area contributed by atoms with Crippen LogP contribution in [0.2, 0.25) is 0 Å². The van der Waals surface area contributed by atoms with E-state index in [2.05, 4.69) is 25.8 Å². The zero-order valence-electron chi connectivity index (χ0n) is 16.5. The second kappa shape index (κ2) is 9.72. The number of amides is 1. The Labute approximate surface area is 187 Å². The molecule has 2 aromatic heterocycles. The average Bonchev–Trinajstić information content (AvgIpc) is 3.22. The second-order valence-electron chi connectivity index (χ2n) is 7.18. The molecule has 0 spiro atoms. The first-order valence-corrected chi connectivity index (χ1v) is 11.6. The molecular weight excluding hydrogens is 468 g/mol. The highest BCUT2D eigenvalue weighted by molar-refractivity contribution is 9.10. The Balaban J connectivity index is 1.20. The van der Waals surface area contributed by atoms with Gasteiger partial charge in [-0.15, -0.1) is 11.3 Å². The van der Waals surface area contributed by atoms with Gasteiger partial charge in [-0.2, -0.15) is 0 Å². The lowest BCUT2D eigenvalue weighted by Crippen LogP contribution is -2.48. The Bertz CT molecular complexity index is 1080. The molecule has 1 saturated heterocycles. The molecule has 30 heavy (non-hydrogen) atoms. The number of benzene rings is 1. The summed E-state index contributed by atoms with van der Waals surface area (Å²) in [7, 11) is 0. The quantitative estimate of drug-likeness (QED) is 0.476. The zero-order chi connectivity index (χ0) is 20.9. The molecule has 4 rings (SSSR count). The van der Waals surface area contributed by atoms with E-state index in [1.54, 1.807) is 16.7 Å². The van der Waals surface area contributed by atoms with E-state index in [1.807, 2.05) is 34.5 Å². The van der Waals surface area contributed by atoms with Gasteiger partial charge in [0.2, 0.25) is 5.91 Å². The minimum atomic E-state index is -0.0465. The molecule has 1 fully saturated rings. The number of carbonyl (C=O) groups excluding carboxylic acids is 1. The van der Waals surface area contributed by atoms with Gasteiger partial charge in [-0.1, -0.05) is 12.1 Å². The molecular formula is C21H23BrN4O3S. The van der Waals surface area contributed by atoms with Crippen molar-refractivity contribution in [3.05, 3.63) is 62.4 Å². The lowest BCUT2D eigenvalue weighted by molar-refractivity contribution is -0.133.